The summed E-state index contributed by atoms with van der Waals surface area (Å²) in [6.07, 6.45) is 4.17. The maximum Gasteiger partial charge on any atom is 0.337 e. The van der Waals surface area contributed by atoms with Gasteiger partial charge >= 0.3 is 5.97 Å². The van der Waals surface area contributed by atoms with Crippen LogP contribution in [0.5, 0.6) is 0 Å². The van der Waals surface area contributed by atoms with Crippen molar-refractivity contribution in [1.29, 1.82) is 0 Å². The highest BCUT2D eigenvalue weighted by Gasteiger charge is 2.23. The zero-order valence-electron chi connectivity index (χ0n) is 15.4. The predicted molar refractivity (Wildman–Crippen MR) is 103 cm³/mol. The molecule has 3 aromatic rings. The Labute approximate surface area is 157 Å². The third kappa shape index (κ3) is 3.74. The molecule has 1 saturated heterocycles. The number of piperidine rings is 1. The van der Waals surface area contributed by atoms with Crippen molar-refractivity contribution in [2.75, 3.05) is 20.2 Å². The molecular formula is C22H23FN2O2. The smallest absolute Gasteiger partial charge is 0.337 e. The van der Waals surface area contributed by atoms with Crippen LogP contribution >= 0.6 is 0 Å². The number of H-pyrrole nitrogens is 1. The van der Waals surface area contributed by atoms with E-state index in [0.717, 1.165) is 48.9 Å². The standard InChI is InChI=1S/C22H23FN2O2/c1-27-22(26)17-4-2-3-15(11-17)14-25-9-7-16(8-10-25)20-13-24-21-12-18(23)5-6-19(20)21/h2-6,11-13,16,24H,7-10,14H2,1H3. The summed E-state index contributed by atoms with van der Waals surface area (Å²) in [6.45, 7) is 2.83. The number of halogens is 1. The van der Waals surface area contributed by atoms with Crippen molar-refractivity contribution >= 4 is 16.9 Å². The minimum absolute atomic E-state index is 0.208. The number of esters is 1. The molecule has 4 nitrogen and oxygen atoms in total. The first kappa shape index (κ1) is 17.7. The van der Waals surface area contributed by atoms with Gasteiger partial charge in [0, 0.05) is 23.6 Å². The number of carbonyl (C=O) groups is 1. The van der Waals surface area contributed by atoms with Crippen LogP contribution in [0.2, 0.25) is 0 Å². The Morgan fingerprint density at radius 1 is 1.22 bits per heavy atom. The molecule has 0 saturated carbocycles. The number of hydrogen-bond acceptors (Lipinski definition) is 3. The molecule has 0 amide bonds. The molecule has 27 heavy (non-hydrogen) atoms. The van der Waals surface area contributed by atoms with Crippen LogP contribution in [0.15, 0.2) is 48.7 Å². The van der Waals surface area contributed by atoms with Crippen molar-refractivity contribution < 1.29 is 13.9 Å². The van der Waals surface area contributed by atoms with Crippen LogP contribution in [0.25, 0.3) is 10.9 Å². The Kier molecular flexibility index (Phi) is 4.94. The summed E-state index contributed by atoms with van der Waals surface area (Å²) in [5.74, 6) is -0.0203. The van der Waals surface area contributed by atoms with Crippen LogP contribution in [-0.4, -0.2) is 36.1 Å². The molecule has 0 bridgehead atoms. The molecule has 0 atom stereocenters. The maximum absolute atomic E-state index is 13.4. The second-order valence-electron chi connectivity index (χ2n) is 7.18. The molecule has 0 unspecified atom stereocenters. The van der Waals surface area contributed by atoms with Gasteiger partial charge in [0.2, 0.25) is 0 Å². The summed E-state index contributed by atoms with van der Waals surface area (Å²) in [4.78, 5) is 17.3. The predicted octanol–water partition coefficient (Wildman–Crippen LogP) is 4.47. The number of rotatable bonds is 4. The van der Waals surface area contributed by atoms with Crippen LogP contribution in [0, 0.1) is 5.82 Å². The fourth-order valence-electron chi connectivity index (χ4n) is 4.03. The highest BCUT2D eigenvalue weighted by atomic mass is 19.1. The molecule has 140 valence electrons. The lowest BCUT2D eigenvalue weighted by atomic mass is 9.89. The van der Waals surface area contributed by atoms with Gasteiger partial charge in [0.15, 0.2) is 0 Å². The van der Waals surface area contributed by atoms with Crippen LogP contribution in [0.3, 0.4) is 0 Å². The van der Waals surface area contributed by atoms with E-state index in [1.165, 1.54) is 18.7 Å². The van der Waals surface area contributed by atoms with Crippen molar-refractivity contribution in [3.05, 3.63) is 71.2 Å². The summed E-state index contributed by atoms with van der Waals surface area (Å²) < 4.78 is 18.2. The lowest BCUT2D eigenvalue weighted by Gasteiger charge is -2.32. The van der Waals surface area contributed by atoms with E-state index in [2.05, 4.69) is 9.88 Å². The maximum atomic E-state index is 13.4. The fourth-order valence-corrected chi connectivity index (χ4v) is 4.03. The summed E-state index contributed by atoms with van der Waals surface area (Å²) >= 11 is 0. The van der Waals surface area contributed by atoms with E-state index in [9.17, 15) is 9.18 Å². The third-order valence-corrected chi connectivity index (χ3v) is 5.46. The van der Waals surface area contributed by atoms with E-state index in [1.807, 2.05) is 30.5 Å². The van der Waals surface area contributed by atoms with E-state index in [-0.39, 0.29) is 11.8 Å². The topological polar surface area (TPSA) is 45.3 Å². The number of nitrogens with one attached hydrogen (secondary N) is 1. The Bertz CT molecular complexity index is 958. The van der Waals surface area contributed by atoms with Crippen molar-refractivity contribution in [2.24, 2.45) is 0 Å². The average molecular weight is 366 g/mol. The number of hydrogen-bond donors (Lipinski definition) is 1. The summed E-state index contributed by atoms with van der Waals surface area (Å²) in [5.41, 5.74) is 3.87. The van der Waals surface area contributed by atoms with Crippen LogP contribution in [0.4, 0.5) is 4.39 Å². The Morgan fingerprint density at radius 2 is 2.04 bits per heavy atom. The normalized spacial score (nSPS) is 15.9. The number of aromatic nitrogens is 1. The molecule has 1 aliphatic rings. The number of nitrogens with zero attached hydrogens (tertiary/aromatic N) is 1. The first-order valence-corrected chi connectivity index (χ1v) is 9.30. The molecule has 1 N–H and O–H groups in total. The third-order valence-electron chi connectivity index (χ3n) is 5.46. The number of ether oxygens (including phenoxy) is 1. The van der Waals surface area contributed by atoms with Gasteiger partial charge in [-0.05, 0) is 73.3 Å². The van der Waals surface area contributed by atoms with E-state index < -0.39 is 0 Å². The van der Waals surface area contributed by atoms with Gasteiger partial charge in [-0.25, -0.2) is 9.18 Å². The summed E-state index contributed by atoms with van der Waals surface area (Å²) in [7, 11) is 1.40. The van der Waals surface area contributed by atoms with Crippen LogP contribution in [0.1, 0.15) is 40.2 Å². The summed E-state index contributed by atoms with van der Waals surface area (Å²) in [6, 6.07) is 12.6. The lowest BCUT2D eigenvalue weighted by Crippen LogP contribution is -2.32. The van der Waals surface area contributed by atoms with Crippen LogP contribution < -0.4 is 0 Å². The van der Waals surface area contributed by atoms with Gasteiger partial charge < -0.3 is 9.72 Å². The Hall–Kier alpha value is -2.66. The fraction of sp³-hybridized carbons (Fsp3) is 0.318. The molecule has 0 radical (unpaired) electrons. The van der Waals surface area contributed by atoms with Gasteiger partial charge in [0.05, 0.1) is 12.7 Å². The molecule has 1 fully saturated rings. The van der Waals surface area contributed by atoms with E-state index in [0.29, 0.717) is 11.5 Å². The van der Waals surface area contributed by atoms with Gasteiger partial charge in [-0.2, -0.15) is 0 Å². The zero-order chi connectivity index (χ0) is 18.8. The number of benzene rings is 2. The monoisotopic (exact) mass is 366 g/mol. The highest BCUT2D eigenvalue weighted by Crippen LogP contribution is 2.33. The second-order valence-corrected chi connectivity index (χ2v) is 7.18. The first-order chi connectivity index (χ1) is 13.1. The molecule has 2 heterocycles. The molecule has 0 spiro atoms. The van der Waals surface area contributed by atoms with Crippen LogP contribution in [-0.2, 0) is 11.3 Å². The number of methoxy groups -OCH3 is 1. The van der Waals surface area contributed by atoms with Gasteiger partial charge in [-0.3, -0.25) is 4.90 Å². The Balaban J connectivity index is 1.41. The van der Waals surface area contributed by atoms with E-state index in [4.69, 9.17) is 4.74 Å². The Morgan fingerprint density at radius 3 is 2.81 bits per heavy atom. The molecule has 0 aliphatic carbocycles. The quantitative estimate of drug-likeness (QED) is 0.693. The van der Waals surface area contributed by atoms with Gasteiger partial charge in [-0.15, -0.1) is 0 Å². The SMILES string of the molecule is COC(=O)c1cccc(CN2CCC(c3c[nH]c4cc(F)ccc34)CC2)c1. The van der Waals surface area contributed by atoms with Gasteiger partial charge in [0.1, 0.15) is 5.82 Å². The molecule has 1 aliphatic heterocycles. The minimum Gasteiger partial charge on any atom is -0.465 e. The number of fused-ring (bicyclic) bond motifs is 1. The van der Waals surface area contributed by atoms with E-state index >= 15 is 0 Å². The molecular weight excluding hydrogens is 343 g/mol. The van der Waals surface area contributed by atoms with Gasteiger partial charge in [0.25, 0.3) is 0 Å². The van der Waals surface area contributed by atoms with Crippen molar-refractivity contribution in [3.63, 3.8) is 0 Å². The van der Waals surface area contributed by atoms with Gasteiger partial charge in [-0.1, -0.05) is 12.1 Å². The lowest BCUT2D eigenvalue weighted by molar-refractivity contribution is 0.0600. The largest absolute Gasteiger partial charge is 0.465 e. The number of likely N-dealkylation sites (tertiary alicyclic amines) is 1. The molecule has 5 heteroatoms. The molecule has 2 aromatic carbocycles. The van der Waals surface area contributed by atoms with Crippen molar-refractivity contribution in [3.8, 4) is 0 Å². The number of carbonyl (C=O) groups excluding carboxylic acids is 1. The summed E-state index contributed by atoms with van der Waals surface area (Å²) in [5, 5.41) is 1.13. The zero-order valence-corrected chi connectivity index (χ0v) is 15.4. The second kappa shape index (κ2) is 7.53. The van der Waals surface area contributed by atoms with E-state index in [1.54, 1.807) is 12.1 Å². The molecule has 1 aromatic heterocycles. The number of aromatic amines is 1. The van der Waals surface area contributed by atoms with Crippen molar-refractivity contribution in [1.82, 2.24) is 9.88 Å². The molecule has 4 rings (SSSR count). The average Bonchev–Trinajstić information content (AvgIpc) is 3.11. The first-order valence-electron chi connectivity index (χ1n) is 9.30. The highest BCUT2D eigenvalue weighted by molar-refractivity contribution is 5.89. The minimum atomic E-state index is -0.300. The van der Waals surface area contributed by atoms with Crippen molar-refractivity contribution in [2.45, 2.75) is 25.3 Å².